The van der Waals surface area contributed by atoms with Crippen LogP contribution in [-0.4, -0.2) is 61.4 Å². The fourth-order valence-electron chi connectivity index (χ4n) is 3.15. The van der Waals surface area contributed by atoms with E-state index in [-0.39, 0.29) is 23.8 Å². The number of aromatic nitrogens is 4. The molecule has 8 nitrogen and oxygen atoms in total. The highest BCUT2D eigenvalue weighted by atomic mass is 16.2. The quantitative estimate of drug-likeness (QED) is 0.901. The second-order valence-corrected chi connectivity index (χ2v) is 6.80. The van der Waals surface area contributed by atoms with Crippen molar-refractivity contribution in [2.24, 2.45) is 5.92 Å². The number of aromatic amines is 1. The van der Waals surface area contributed by atoms with Crippen molar-refractivity contribution >= 4 is 11.8 Å². The maximum absolute atomic E-state index is 12.9. The number of hydrogen-bond donors (Lipinski definition) is 1. The molecule has 1 aliphatic heterocycles. The van der Waals surface area contributed by atoms with Crippen molar-refractivity contribution in [3.63, 3.8) is 0 Å². The molecule has 2 aromatic rings. The zero-order valence-electron chi connectivity index (χ0n) is 15.3. The Kier molecular flexibility index (Phi) is 5.29. The van der Waals surface area contributed by atoms with E-state index in [1.807, 2.05) is 20.8 Å². The maximum Gasteiger partial charge on any atom is 0.272 e. The summed E-state index contributed by atoms with van der Waals surface area (Å²) >= 11 is 0. The van der Waals surface area contributed by atoms with Gasteiger partial charge in [-0.3, -0.25) is 19.7 Å². The number of nitrogens with zero attached hydrogens (tertiary/aromatic N) is 5. The van der Waals surface area contributed by atoms with E-state index in [1.54, 1.807) is 34.2 Å². The molecule has 1 N–H and O–H groups in total. The van der Waals surface area contributed by atoms with Gasteiger partial charge in [-0.25, -0.2) is 4.98 Å². The third-order valence-corrected chi connectivity index (χ3v) is 4.46. The zero-order valence-corrected chi connectivity index (χ0v) is 15.3. The Hall–Kier alpha value is -2.77. The van der Waals surface area contributed by atoms with Crippen LogP contribution in [0.15, 0.2) is 24.4 Å². The van der Waals surface area contributed by atoms with Gasteiger partial charge in [-0.1, -0.05) is 19.9 Å². The Morgan fingerprint density at radius 1 is 1.27 bits per heavy atom. The Morgan fingerprint density at radius 2 is 2.08 bits per heavy atom. The predicted octanol–water partition coefficient (Wildman–Crippen LogP) is 1.58. The maximum atomic E-state index is 12.9. The summed E-state index contributed by atoms with van der Waals surface area (Å²) < 4.78 is 0. The Labute approximate surface area is 152 Å². The standard InChI is InChI=1S/C18H24N6O2/c1-12(2)17(25)24-10-6-9-23(18(26)14-7-4-5-8-19-14)11-15(24)16-20-13(3)21-22-16/h4-5,7-8,12,15H,6,9-11H2,1-3H3,(H,20,21,22). The van der Waals surface area contributed by atoms with Crippen LogP contribution >= 0.6 is 0 Å². The Morgan fingerprint density at radius 3 is 2.69 bits per heavy atom. The van der Waals surface area contributed by atoms with Gasteiger partial charge >= 0.3 is 0 Å². The highest BCUT2D eigenvalue weighted by molar-refractivity contribution is 5.92. The number of carbonyl (C=O) groups is 2. The second-order valence-electron chi connectivity index (χ2n) is 6.80. The molecule has 2 amide bonds. The summed E-state index contributed by atoms with van der Waals surface area (Å²) in [5.74, 6) is 1.00. The van der Waals surface area contributed by atoms with Gasteiger partial charge in [-0.05, 0) is 25.5 Å². The van der Waals surface area contributed by atoms with Gasteiger partial charge in [0.05, 0.1) is 0 Å². The molecule has 3 rings (SSSR count). The van der Waals surface area contributed by atoms with Crippen molar-refractivity contribution in [1.82, 2.24) is 30.0 Å². The lowest BCUT2D eigenvalue weighted by Crippen LogP contribution is -2.42. The molecule has 0 radical (unpaired) electrons. The van der Waals surface area contributed by atoms with E-state index in [0.29, 0.717) is 43.4 Å². The molecule has 0 spiro atoms. The lowest BCUT2D eigenvalue weighted by Gasteiger charge is -2.31. The minimum atomic E-state index is -0.370. The van der Waals surface area contributed by atoms with Crippen molar-refractivity contribution in [2.45, 2.75) is 33.2 Å². The van der Waals surface area contributed by atoms with Crippen LogP contribution in [0.4, 0.5) is 0 Å². The van der Waals surface area contributed by atoms with Crippen LogP contribution in [0.1, 0.15) is 48.4 Å². The smallest absolute Gasteiger partial charge is 0.272 e. The number of carbonyl (C=O) groups excluding carboxylic acids is 2. The molecule has 2 aromatic heterocycles. The lowest BCUT2D eigenvalue weighted by molar-refractivity contribution is -0.137. The van der Waals surface area contributed by atoms with E-state index in [2.05, 4.69) is 20.2 Å². The average Bonchev–Trinajstić information content (AvgIpc) is 2.95. The molecular weight excluding hydrogens is 332 g/mol. The van der Waals surface area contributed by atoms with Crippen LogP contribution in [0, 0.1) is 12.8 Å². The molecule has 1 unspecified atom stereocenters. The zero-order chi connectivity index (χ0) is 18.7. The van der Waals surface area contributed by atoms with Crippen molar-refractivity contribution in [1.29, 1.82) is 0 Å². The molecule has 1 aliphatic rings. The van der Waals surface area contributed by atoms with Gasteiger partial charge in [0.25, 0.3) is 5.91 Å². The number of nitrogens with one attached hydrogen (secondary N) is 1. The molecule has 26 heavy (non-hydrogen) atoms. The third-order valence-electron chi connectivity index (χ3n) is 4.46. The van der Waals surface area contributed by atoms with Gasteiger partial charge in [0, 0.05) is 31.7 Å². The normalized spacial score (nSPS) is 18.1. The van der Waals surface area contributed by atoms with Crippen LogP contribution in [0.3, 0.4) is 0 Å². The first kappa shape index (κ1) is 18.0. The van der Waals surface area contributed by atoms with Gasteiger partial charge in [-0.2, -0.15) is 5.10 Å². The molecule has 0 saturated carbocycles. The summed E-state index contributed by atoms with van der Waals surface area (Å²) in [6.07, 6.45) is 2.31. The van der Waals surface area contributed by atoms with E-state index in [4.69, 9.17) is 0 Å². The van der Waals surface area contributed by atoms with Gasteiger partial charge in [-0.15, -0.1) is 0 Å². The molecular formula is C18H24N6O2. The predicted molar refractivity (Wildman–Crippen MR) is 95.2 cm³/mol. The molecule has 8 heteroatoms. The molecule has 0 aromatic carbocycles. The van der Waals surface area contributed by atoms with Crippen molar-refractivity contribution in [3.05, 3.63) is 41.7 Å². The molecule has 1 saturated heterocycles. The summed E-state index contributed by atoms with van der Waals surface area (Å²) in [5.41, 5.74) is 0.404. The first-order chi connectivity index (χ1) is 12.5. The molecule has 0 bridgehead atoms. The SMILES string of the molecule is Cc1nc(C2CN(C(=O)c3ccccn3)CCCN2C(=O)C(C)C)n[nH]1. The van der Waals surface area contributed by atoms with E-state index in [1.165, 1.54) is 0 Å². The summed E-state index contributed by atoms with van der Waals surface area (Å²) in [5, 5.41) is 7.09. The van der Waals surface area contributed by atoms with Gasteiger partial charge < -0.3 is 9.80 Å². The first-order valence-corrected chi connectivity index (χ1v) is 8.87. The monoisotopic (exact) mass is 356 g/mol. The van der Waals surface area contributed by atoms with Crippen molar-refractivity contribution in [3.8, 4) is 0 Å². The van der Waals surface area contributed by atoms with Gasteiger partial charge in [0.2, 0.25) is 5.91 Å². The van der Waals surface area contributed by atoms with E-state index in [0.717, 1.165) is 0 Å². The number of hydrogen-bond acceptors (Lipinski definition) is 5. The molecule has 3 heterocycles. The second kappa shape index (κ2) is 7.63. The van der Waals surface area contributed by atoms with Gasteiger partial charge in [0.1, 0.15) is 17.6 Å². The van der Waals surface area contributed by atoms with Crippen molar-refractivity contribution < 1.29 is 9.59 Å². The fraction of sp³-hybridized carbons (Fsp3) is 0.500. The summed E-state index contributed by atoms with van der Waals surface area (Å²) in [7, 11) is 0. The highest BCUT2D eigenvalue weighted by Crippen LogP contribution is 2.25. The fourth-order valence-corrected chi connectivity index (χ4v) is 3.15. The van der Waals surface area contributed by atoms with Crippen LogP contribution in [0.25, 0.3) is 0 Å². The van der Waals surface area contributed by atoms with E-state index in [9.17, 15) is 9.59 Å². The summed E-state index contributed by atoms with van der Waals surface area (Å²) in [6.45, 7) is 7.07. The summed E-state index contributed by atoms with van der Waals surface area (Å²) in [4.78, 5) is 37.7. The largest absolute Gasteiger partial charge is 0.335 e. The summed E-state index contributed by atoms with van der Waals surface area (Å²) in [6, 6.07) is 4.91. The lowest BCUT2D eigenvalue weighted by atomic mass is 10.1. The number of rotatable bonds is 3. The molecule has 138 valence electrons. The first-order valence-electron chi connectivity index (χ1n) is 8.87. The van der Waals surface area contributed by atoms with Gasteiger partial charge in [0.15, 0.2) is 5.82 Å². The Balaban J connectivity index is 1.90. The average molecular weight is 356 g/mol. The molecule has 1 fully saturated rings. The minimum Gasteiger partial charge on any atom is -0.335 e. The minimum absolute atomic E-state index is 0.0459. The topological polar surface area (TPSA) is 95.1 Å². The number of amides is 2. The number of pyridine rings is 1. The molecule has 0 aliphatic carbocycles. The third kappa shape index (κ3) is 3.74. The number of H-pyrrole nitrogens is 1. The van der Waals surface area contributed by atoms with Crippen molar-refractivity contribution in [2.75, 3.05) is 19.6 Å². The van der Waals surface area contributed by atoms with E-state index >= 15 is 0 Å². The van der Waals surface area contributed by atoms with Crippen LogP contribution in [0.2, 0.25) is 0 Å². The van der Waals surface area contributed by atoms with E-state index < -0.39 is 0 Å². The Bertz CT molecular complexity index is 773. The molecule has 1 atom stereocenters. The van der Waals surface area contributed by atoms with Crippen LogP contribution in [0.5, 0.6) is 0 Å². The highest BCUT2D eigenvalue weighted by Gasteiger charge is 2.35. The van der Waals surface area contributed by atoms with Crippen LogP contribution < -0.4 is 0 Å². The number of aryl methyl sites for hydroxylation is 1. The van der Waals surface area contributed by atoms with Crippen LogP contribution in [-0.2, 0) is 4.79 Å².